The van der Waals surface area contributed by atoms with Crippen LogP contribution in [0.15, 0.2) is 46.9 Å². The molecule has 2 N–H and O–H groups in total. The van der Waals surface area contributed by atoms with Gasteiger partial charge in [-0.3, -0.25) is 9.69 Å². The van der Waals surface area contributed by atoms with E-state index in [-0.39, 0.29) is 23.8 Å². The SMILES string of the molecule is Nc1cc(Cl)c(Br)cc1C=CC(=O)N1C2CCC1CN(Cc1ccc(F)cc1)C2. The molecule has 2 aliphatic heterocycles. The van der Waals surface area contributed by atoms with Gasteiger partial charge in [0.15, 0.2) is 0 Å². The summed E-state index contributed by atoms with van der Waals surface area (Å²) in [5.74, 6) is -0.200. The predicted octanol–water partition coefficient (Wildman–Crippen LogP) is 4.71. The molecule has 2 unspecified atom stereocenters. The van der Waals surface area contributed by atoms with Crippen LogP contribution in [-0.2, 0) is 11.3 Å². The second kappa shape index (κ2) is 8.46. The van der Waals surface area contributed by atoms with E-state index in [2.05, 4.69) is 20.8 Å². The summed E-state index contributed by atoms with van der Waals surface area (Å²) in [6.45, 7) is 2.45. The van der Waals surface area contributed by atoms with Gasteiger partial charge in [-0.05, 0) is 70.2 Å². The first-order chi connectivity index (χ1) is 13.9. The molecule has 7 heteroatoms. The molecule has 2 heterocycles. The van der Waals surface area contributed by atoms with E-state index in [1.165, 1.54) is 12.1 Å². The first-order valence-corrected chi connectivity index (χ1v) is 10.8. The Morgan fingerprint density at radius 1 is 1.21 bits per heavy atom. The number of amides is 1. The Balaban J connectivity index is 1.42. The molecule has 2 fully saturated rings. The molecule has 2 bridgehead atoms. The normalized spacial score (nSPS) is 21.8. The minimum Gasteiger partial charge on any atom is -0.398 e. The maximum absolute atomic E-state index is 13.1. The molecule has 2 aromatic rings. The van der Waals surface area contributed by atoms with Crippen LogP contribution in [0.5, 0.6) is 0 Å². The monoisotopic (exact) mass is 477 g/mol. The highest BCUT2D eigenvalue weighted by Crippen LogP contribution is 2.32. The van der Waals surface area contributed by atoms with Crippen LogP contribution in [-0.4, -0.2) is 40.9 Å². The van der Waals surface area contributed by atoms with E-state index in [0.29, 0.717) is 10.7 Å². The van der Waals surface area contributed by atoms with Gasteiger partial charge >= 0.3 is 0 Å². The number of rotatable bonds is 4. The van der Waals surface area contributed by atoms with E-state index in [1.807, 2.05) is 23.1 Å². The molecular formula is C22H22BrClFN3O. The highest BCUT2D eigenvalue weighted by Gasteiger charge is 2.41. The molecule has 4 nitrogen and oxygen atoms in total. The lowest BCUT2D eigenvalue weighted by atomic mass is 10.1. The Hall–Kier alpha value is -1.89. The summed E-state index contributed by atoms with van der Waals surface area (Å²) in [4.78, 5) is 17.3. The van der Waals surface area contributed by atoms with Gasteiger partial charge in [-0.1, -0.05) is 23.7 Å². The summed E-state index contributed by atoms with van der Waals surface area (Å²) < 4.78 is 13.9. The lowest BCUT2D eigenvalue weighted by molar-refractivity contribution is -0.131. The van der Waals surface area contributed by atoms with Gasteiger partial charge in [0.05, 0.1) is 5.02 Å². The maximum atomic E-state index is 13.1. The second-order valence-electron chi connectivity index (χ2n) is 7.68. The zero-order valence-electron chi connectivity index (χ0n) is 15.8. The zero-order chi connectivity index (χ0) is 20.5. The fourth-order valence-corrected chi connectivity index (χ4v) is 4.83. The van der Waals surface area contributed by atoms with E-state index in [4.69, 9.17) is 17.3 Å². The highest BCUT2D eigenvalue weighted by atomic mass is 79.9. The molecule has 2 atom stereocenters. The molecule has 0 radical (unpaired) electrons. The summed E-state index contributed by atoms with van der Waals surface area (Å²) in [6, 6.07) is 10.6. The molecule has 0 spiro atoms. The third-order valence-electron chi connectivity index (χ3n) is 5.66. The number of hydrogen-bond donors (Lipinski definition) is 1. The average molecular weight is 479 g/mol. The number of fused-ring (bicyclic) bond motifs is 2. The number of carbonyl (C=O) groups is 1. The van der Waals surface area contributed by atoms with Crippen molar-refractivity contribution in [2.24, 2.45) is 0 Å². The quantitative estimate of drug-likeness (QED) is 0.511. The average Bonchev–Trinajstić information content (AvgIpc) is 2.96. The van der Waals surface area contributed by atoms with Gasteiger partial charge in [0.2, 0.25) is 5.91 Å². The smallest absolute Gasteiger partial charge is 0.247 e. The molecule has 0 saturated carbocycles. The Kier molecular flexibility index (Phi) is 5.95. The minimum atomic E-state index is -0.218. The fraction of sp³-hybridized carbons (Fsp3) is 0.318. The molecule has 29 heavy (non-hydrogen) atoms. The number of nitrogens with two attached hydrogens (primary N) is 1. The molecule has 4 rings (SSSR count). The van der Waals surface area contributed by atoms with Crippen molar-refractivity contribution in [3.05, 3.63) is 68.9 Å². The van der Waals surface area contributed by atoms with E-state index in [9.17, 15) is 9.18 Å². The van der Waals surface area contributed by atoms with Crippen molar-refractivity contribution in [3.8, 4) is 0 Å². The molecule has 1 amide bonds. The van der Waals surface area contributed by atoms with Crippen molar-refractivity contribution in [3.63, 3.8) is 0 Å². The molecule has 0 aromatic heterocycles. The van der Waals surface area contributed by atoms with Crippen LogP contribution >= 0.6 is 27.5 Å². The summed E-state index contributed by atoms with van der Waals surface area (Å²) in [5, 5.41) is 0.543. The largest absolute Gasteiger partial charge is 0.398 e. The number of likely N-dealkylation sites (tertiary alicyclic amines) is 1. The topological polar surface area (TPSA) is 49.6 Å². The molecule has 0 aliphatic carbocycles. The van der Waals surface area contributed by atoms with E-state index in [1.54, 1.807) is 18.2 Å². The Morgan fingerprint density at radius 2 is 1.86 bits per heavy atom. The van der Waals surface area contributed by atoms with Crippen LogP contribution in [0.3, 0.4) is 0 Å². The predicted molar refractivity (Wildman–Crippen MR) is 118 cm³/mol. The maximum Gasteiger partial charge on any atom is 0.247 e. The Morgan fingerprint density at radius 3 is 2.52 bits per heavy atom. The minimum absolute atomic E-state index is 0.0180. The Labute approximate surface area is 183 Å². The van der Waals surface area contributed by atoms with Crippen molar-refractivity contribution >= 4 is 45.2 Å². The van der Waals surface area contributed by atoms with E-state index >= 15 is 0 Å². The standard InChI is InChI=1S/C22H22BrClFN3O/c23-19-9-15(21(26)10-20(19)24)3-8-22(29)28-17-6-7-18(28)13-27(12-17)11-14-1-4-16(25)5-2-14/h1-5,8-10,17-18H,6-7,11-13,26H2. The summed E-state index contributed by atoms with van der Waals surface area (Å²) in [7, 11) is 0. The third-order valence-corrected chi connectivity index (χ3v) is 6.86. The second-order valence-corrected chi connectivity index (χ2v) is 8.94. The van der Waals surface area contributed by atoms with Gasteiger partial charge in [-0.15, -0.1) is 0 Å². The van der Waals surface area contributed by atoms with Crippen molar-refractivity contribution in [1.29, 1.82) is 0 Å². The number of hydrogen-bond acceptors (Lipinski definition) is 3. The number of nitrogen functional groups attached to an aromatic ring is 1. The van der Waals surface area contributed by atoms with Gasteiger partial charge < -0.3 is 10.6 Å². The fourth-order valence-electron chi connectivity index (χ4n) is 4.30. The highest BCUT2D eigenvalue weighted by molar-refractivity contribution is 9.10. The number of nitrogens with zero attached hydrogens (tertiary/aromatic N) is 2. The van der Waals surface area contributed by atoms with E-state index in [0.717, 1.165) is 48.1 Å². The summed E-state index contributed by atoms with van der Waals surface area (Å²) in [5.41, 5.74) is 8.40. The van der Waals surface area contributed by atoms with Crippen LogP contribution in [0.4, 0.5) is 10.1 Å². The molecular weight excluding hydrogens is 457 g/mol. The summed E-state index contributed by atoms with van der Waals surface area (Å²) >= 11 is 9.43. The number of carbonyl (C=O) groups excluding carboxylic acids is 1. The lowest BCUT2D eigenvalue weighted by Crippen LogP contribution is -2.55. The molecule has 2 saturated heterocycles. The van der Waals surface area contributed by atoms with Crippen LogP contribution in [0.1, 0.15) is 24.0 Å². The van der Waals surface area contributed by atoms with Gasteiger partial charge in [0, 0.05) is 48.0 Å². The van der Waals surface area contributed by atoms with Crippen molar-refractivity contribution in [2.45, 2.75) is 31.5 Å². The number of halogens is 3. The number of benzene rings is 2. The van der Waals surface area contributed by atoms with Crippen LogP contribution in [0.25, 0.3) is 6.08 Å². The number of anilines is 1. The first-order valence-electron chi connectivity index (χ1n) is 9.62. The molecule has 2 aromatic carbocycles. The van der Waals surface area contributed by atoms with Crippen LogP contribution < -0.4 is 5.73 Å². The van der Waals surface area contributed by atoms with Gasteiger partial charge in [-0.2, -0.15) is 0 Å². The van der Waals surface area contributed by atoms with E-state index < -0.39 is 0 Å². The third kappa shape index (κ3) is 4.49. The van der Waals surface area contributed by atoms with Crippen molar-refractivity contribution < 1.29 is 9.18 Å². The molecule has 152 valence electrons. The van der Waals surface area contributed by atoms with Crippen LogP contribution in [0, 0.1) is 5.82 Å². The first kappa shape index (κ1) is 20.4. The molecule has 2 aliphatic rings. The van der Waals surface area contributed by atoms with Crippen molar-refractivity contribution in [2.75, 3.05) is 18.8 Å². The lowest BCUT2D eigenvalue weighted by Gasteiger charge is -2.40. The summed E-state index contributed by atoms with van der Waals surface area (Å²) in [6.07, 6.45) is 5.38. The van der Waals surface area contributed by atoms with Gasteiger partial charge in [-0.25, -0.2) is 4.39 Å². The number of piperazine rings is 1. The van der Waals surface area contributed by atoms with Crippen molar-refractivity contribution in [1.82, 2.24) is 9.80 Å². The zero-order valence-corrected chi connectivity index (χ0v) is 18.2. The Bertz CT molecular complexity index is 936. The van der Waals surface area contributed by atoms with Crippen LogP contribution in [0.2, 0.25) is 5.02 Å². The van der Waals surface area contributed by atoms with Gasteiger partial charge in [0.1, 0.15) is 5.82 Å². The van der Waals surface area contributed by atoms with Gasteiger partial charge in [0.25, 0.3) is 0 Å².